The number of para-hydroxylation sites is 1. The number of benzene rings is 2. The number of aromatic nitrogens is 1. The van der Waals surface area contributed by atoms with E-state index in [0.717, 1.165) is 6.07 Å². The summed E-state index contributed by atoms with van der Waals surface area (Å²) < 4.78 is 46.2. The first-order valence-electron chi connectivity index (χ1n) is 8.37. The molecule has 26 heavy (non-hydrogen) atoms. The van der Waals surface area contributed by atoms with Crippen molar-refractivity contribution in [1.29, 1.82) is 0 Å². The molecule has 0 bridgehead atoms. The number of aromatic amines is 1. The Morgan fingerprint density at radius 1 is 1.12 bits per heavy atom. The van der Waals surface area contributed by atoms with Crippen LogP contribution in [-0.2, 0) is 4.74 Å². The lowest BCUT2D eigenvalue weighted by Gasteiger charge is -2.06. The lowest BCUT2D eigenvalue weighted by molar-refractivity contribution is 0.0520. The Morgan fingerprint density at radius 2 is 1.81 bits per heavy atom. The van der Waals surface area contributed by atoms with Crippen LogP contribution in [-0.4, -0.2) is 17.6 Å². The molecule has 0 spiro atoms. The molecule has 1 heterocycles. The van der Waals surface area contributed by atoms with Gasteiger partial charge in [0.25, 0.3) is 0 Å². The number of esters is 1. The molecule has 0 aliphatic carbocycles. The van der Waals surface area contributed by atoms with Crippen LogP contribution in [0, 0.1) is 24.4 Å². The second-order valence-corrected chi connectivity index (χ2v) is 5.32. The zero-order valence-corrected chi connectivity index (χ0v) is 15.0. The smallest absolute Gasteiger partial charge is 0.355 e. The van der Waals surface area contributed by atoms with Crippen molar-refractivity contribution in [3.8, 4) is 11.1 Å². The number of fused-ring (bicyclic) bond motifs is 1. The molecule has 0 fully saturated rings. The minimum absolute atomic E-state index is 0.213. The van der Waals surface area contributed by atoms with Gasteiger partial charge in [-0.05, 0) is 25.5 Å². The second-order valence-electron chi connectivity index (χ2n) is 5.32. The van der Waals surface area contributed by atoms with Gasteiger partial charge in [0, 0.05) is 22.6 Å². The Hall–Kier alpha value is -2.76. The van der Waals surface area contributed by atoms with Crippen LogP contribution in [0.15, 0.2) is 30.3 Å². The molecule has 6 heteroatoms. The van der Waals surface area contributed by atoms with Gasteiger partial charge in [0.1, 0.15) is 11.5 Å². The van der Waals surface area contributed by atoms with Crippen molar-refractivity contribution < 1.29 is 22.7 Å². The van der Waals surface area contributed by atoms with E-state index in [9.17, 15) is 18.0 Å². The van der Waals surface area contributed by atoms with Gasteiger partial charge in [-0.2, -0.15) is 0 Å². The van der Waals surface area contributed by atoms with Crippen LogP contribution >= 0.6 is 0 Å². The van der Waals surface area contributed by atoms with E-state index in [-0.39, 0.29) is 23.4 Å². The van der Waals surface area contributed by atoms with Gasteiger partial charge in [0.05, 0.1) is 12.1 Å². The third-order valence-electron chi connectivity index (χ3n) is 3.86. The predicted molar refractivity (Wildman–Crippen MR) is 95.7 cm³/mol. The van der Waals surface area contributed by atoms with Crippen LogP contribution < -0.4 is 0 Å². The highest BCUT2D eigenvalue weighted by atomic mass is 19.2. The number of H-pyrrole nitrogens is 1. The number of hydrogen-bond donors (Lipinski definition) is 1. The van der Waals surface area contributed by atoms with Crippen molar-refractivity contribution in [2.24, 2.45) is 0 Å². The van der Waals surface area contributed by atoms with Gasteiger partial charge in [-0.1, -0.05) is 32.0 Å². The fourth-order valence-electron chi connectivity index (χ4n) is 2.74. The maximum Gasteiger partial charge on any atom is 0.355 e. The average Bonchev–Trinajstić information content (AvgIpc) is 2.97. The number of hydrogen-bond acceptors (Lipinski definition) is 2. The molecule has 2 aromatic carbocycles. The molecule has 0 aliphatic heterocycles. The second kappa shape index (κ2) is 8.08. The zero-order chi connectivity index (χ0) is 19.4. The number of carbonyl (C=O) groups excluding carboxylic acids is 1. The summed E-state index contributed by atoms with van der Waals surface area (Å²) in [6.45, 7) is 7.62. The topological polar surface area (TPSA) is 42.1 Å². The lowest BCUT2D eigenvalue weighted by atomic mass is 10.0. The third-order valence-corrected chi connectivity index (χ3v) is 3.86. The van der Waals surface area contributed by atoms with Crippen LogP contribution in [0.25, 0.3) is 22.0 Å². The third kappa shape index (κ3) is 3.45. The Balaban J connectivity index is 0.00000117. The number of halogens is 3. The maximum atomic E-state index is 14.1. The largest absolute Gasteiger partial charge is 0.461 e. The SMILES string of the molecule is CC.CCOC(=O)c1[nH]c2c(-c3cc(F)cc(F)c3F)cccc2c1C. The fraction of sp³-hybridized carbons (Fsp3) is 0.250. The van der Waals surface area contributed by atoms with Crippen LogP contribution in [0.3, 0.4) is 0 Å². The van der Waals surface area contributed by atoms with E-state index >= 15 is 0 Å². The van der Waals surface area contributed by atoms with Crippen LogP contribution in [0.5, 0.6) is 0 Å². The summed E-state index contributed by atoms with van der Waals surface area (Å²) in [6.07, 6.45) is 0. The minimum Gasteiger partial charge on any atom is -0.461 e. The molecule has 0 atom stereocenters. The summed E-state index contributed by atoms with van der Waals surface area (Å²) in [6, 6.07) is 6.32. The van der Waals surface area contributed by atoms with E-state index in [1.807, 2.05) is 13.8 Å². The highest BCUT2D eigenvalue weighted by Crippen LogP contribution is 2.34. The first kappa shape index (κ1) is 19.6. The summed E-state index contributed by atoms with van der Waals surface area (Å²) in [7, 11) is 0. The zero-order valence-electron chi connectivity index (χ0n) is 15.0. The first-order chi connectivity index (χ1) is 12.4. The molecule has 3 nitrogen and oxygen atoms in total. The molecule has 1 N–H and O–H groups in total. The van der Waals surface area contributed by atoms with Gasteiger partial charge >= 0.3 is 5.97 Å². The summed E-state index contributed by atoms with van der Waals surface area (Å²) in [5.41, 5.74) is 1.33. The van der Waals surface area contributed by atoms with Crippen LogP contribution in [0.4, 0.5) is 13.2 Å². The standard InChI is InChI=1S/C18H14F3NO2.C2H6/c1-3-24-18(23)16-9(2)11-5-4-6-12(17(11)22-16)13-7-10(19)8-14(20)15(13)21;1-2/h4-8,22H,3H2,1-2H3;1-2H3. The molecule has 3 rings (SSSR count). The Labute approximate surface area is 149 Å². The maximum absolute atomic E-state index is 14.1. The molecule has 3 aromatic rings. The molecule has 0 saturated heterocycles. The number of aryl methyl sites for hydroxylation is 1. The summed E-state index contributed by atoms with van der Waals surface area (Å²) >= 11 is 0. The van der Waals surface area contributed by atoms with Gasteiger partial charge in [0.15, 0.2) is 11.6 Å². The van der Waals surface area contributed by atoms with E-state index in [2.05, 4.69) is 4.98 Å². The highest BCUT2D eigenvalue weighted by molar-refractivity contribution is 6.03. The van der Waals surface area contributed by atoms with Gasteiger partial charge in [-0.3, -0.25) is 0 Å². The summed E-state index contributed by atoms with van der Waals surface area (Å²) in [5, 5.41) is 0.652. The quantitative estimate of drug-likeness (QED) is 0.475. The predicted octanol–water partition coefficient (Wildman–Crippen LogP) is 5.76. The van der Waals surface area contributed by atoms with E-state index in [0.29, 0.717) is 22.5 Å². The van der Waals surface area contributed by atoms with Crippen LogP contribution in [0.2, 0.25) is 0 Å². The van der Waals surface area contributed by atoms with Gasteiger partial charge < -0.3 is 9.72 Å². The molecular formula is C20H20F3NO2. The number of carbonyl (C=O) groups is 1. The van der Waals surface area contributed by atoms with Crippen molar-refractivity contribution >= 4 is 16.9 Å². The van der Waals surface area contributed by atoms with Gasteiger partial charge in [-0.25, -0.2) is 18.0 Å². The van der Waals surface area contributed by atoms with Gasteiger partial charge in [0.2, 0.25) is 0 Å². The average molecular weight is 363 g/mol. The van der Waals surface area contributed by atoms with E-state index < -0.39 is 23.4 Å². The molecule has 0 aliphatic rings. The summed E-state index contributed by atoms with van der Waals surface area (Å²) in [4.78, 5) is 14.9. The Morgan fingerprint density at radius 3 is 2.46 bits per heavy atom. The van der Waals surface area contributed by atoms with Crippen LogP contribution in [0.1, 0.15) is 36.8 Å². The van der Waals surface area contributed by atoms with Crippen molar-refractivity contribution in [1.82, 2.24) is 4.98 Å². The van der Waals surface area contributed by atoms with Crippen molar-refractivity contribution in [3.05, 3.63) is 59.0 Å². The molecule has 0 amide bonds. The number of nitrogens with one attached hydrogen (secondary N) is 1. The molecular weight excluding hydrogens is 343 g/mol. The highest BCUT2D eigenvalue weighted by Gasteiger charge is 2.20. The molecule has 138 valence electrons. The van der Waals surface area contributed by atoms with Gasteiger partial charge in [-0.15, -0.1) is 0 Å². The molecule has 0 unspecified atom stereocenters. The van der Waals surface area contributed by atoms with Crippen molar-refractivity contribution in [3.63, 3.8) is 0 Å². The summed E-state index contributed by atoms with van der Waals surface area (Å²) in [5.74, 6) is -3.83. The molecule has 0 saturated carbocycles. The Kier molecular flexibility index (Phi) is 6.08. The molecule has 0 radical (unpaired) electrons. The number of ether oxygens (including phenoxy) is 1. The Bertz CT molecular complexity index is 948. The fourth-order valence-corrected chi connectivity index (χ4v) is 2.74. The lowest BCUT2D eigenvalue weighted by Crippen LogP contribution is -2.06. The first-order valence-corrected chi connectivity index (χ1v) is 8.37. The van der Waals surface area contributed by atoms with Crippen molar-refractivity contribution in [2.75, 3.05) is 6.61 Å². The van der Waals surface area contributed by atoms with E-state index in [1.54, 1.807) is 26.0 Å². The van der Waals surface area contributed by atoms with E-state index in [4.69, 9.17) is 4.74 Å². The monoisotopic (exact) mass is 363 g/mol. The normalized spacial score (nSPS) is 10.4. The molecule has 1 aromatic heterocycles. The van der Waals surface area contributed by atoms with Crippen molar-refractivity contribution in [2.45, 2.75) is 27.7 Å². The minimum atomic E-state index is -1.27. The van der Waals surface area contributed by atoms with E-state index in [1.165, 1.54) is 6.07 Å². The number of rotatable bonds is 3.